The number of amides is 2. The Balaban J connectivity index is 1.46. The SMILES string of the molecule is O=C(Cc1csc(N2CCCC2=O)n1)N(Cc1ccco1)Cc1ccco1. The molecule has 3 aromatic rings. The van der Waals surface area contributed by atoms with Crippen molar-refractivity contribution in [2.24, 2.45) is 0 Å². The molecule has 27 heavy (non-hydrogen) atoms. The molecule has 1 saturated heterocycles. The molecule has 4 rings (SSSR count). The number of carbonyl (C=O) groups is 2. The Morgan fingerprint density at radius 3 is 2.44 bits per heavy atom. The molecule has 0 saturated carbocycles. The summed E-state index contributed by atoms with van der Waals surface area (Å²) in [7, 11) is 0. The number of rotatable bonds is 7. The second-order valence-electron chi connectivity index (χ2n) is 6.36. The molecule has 4 heterocycles. The van der Waals surface area contributed by atoms with Crippen LogP contribution in [0.15, 0.2) is 51.0 Å². The van der Waals surface area contributed by atoms with Crippen molar-refractivity contribution < 1.29 is 18.4 Å². The van der Waals surface area contributed by atoms with Gasteiger partial charge in [0.1, 0.15) is 11.5 Å². The first-order valence-corrected chi connectivity index (χ1v) is 9.64. The van der Waals surface area contributed by atoms with Gasteiger partial charge in [-0.3, -0.25) is 14.5 Å². The first kappa shape index (κ1) is 17.5. The summed E-state index contributed by atoms with van der Waals surface area (Å²) in [5.41, 5.74) is 0.670. The van der Waals surface area contributed by atoms with E-state index in [2.05, 4.69) is 4.98 Å². The van der Waals surface area contributed by atoms with Gasteiger partial charge in [0.25, 0.3) is 0 Å². The molecular weight excluding hydrogens is 366 g/mol. The van der Waals surface area contributed by atoms with E-state index in [4.69, 9.17) is 8.83 Å². The molecule has 7 nitrogen and oxygen atoms in total. The highest BCUT2D eigenvalue weighted by atomic mass is 32.1. The van der Waals surface area contributed by atoms with Gasteiger partial charge in [-0.15, -0.1) is 11.3 Å². The van der Waals surface area contributed by atoms with Gasteiger partial charge in [0.2, 0.25) is 11.8 Å². The standard InChI is InChI=1S/C19H19N3O4S/c23-17-6-1-7-22(17)19-20-14(13-27-19)10-18(24)21(11-15-4-2-8-25-15)12-16-5-3-9-26-16/h2-5,8-9,13H,1,6-7,10-12H2. The van der Waals surface area contributed by atoms with Crippen molar-refractivity contribution in [2.45, 2.75) is 32.4 Å². The van der Waals surface area contributed by atoms with Crippen LogP contribution in [-0.2, 0) is 29.1 Å². The Bertz CT molecular complexity index is 865. The van der Waals surface area contributed by atoms with Crippen LogP contribution in [0.1, 0.15) is 30.1 Å². The van der Waals surface area contributed by atoms with Gasteiger partial charge in [-0.2, -0.15) is 0 Å². The van der Waals surface area contributed by atoms with Crippen molar-refractivity contribution >= 4 is 28.3 Å². The third kappa shape index (κ3) is 4.11. The number of carbonyl (C=O) groups excluding carboxylic acids is 2. The molecule has 3 aromatic heterocycles. The van der Waals surface area contributed by atoms with Gasteiger partial charge in [-0.25, -0.2) is 4.98 Å². The van der Waals surface area contributed by atoms with Crippen molar-refractivity contribution in [3.8, 4) is 0 Å². The van der Waals surface area contributed by atoms with Crippen LogP contribution in [0.5, 0.6) is 0 Å². The molecule has 0 aliphatic carbocycles. The normalized spacial score (nSPS) is 14.1. The largest absolute Gasteiger partial charge is 0.467 e. The van der Waals surface area contributed by atoms with Gasteiger partial charge in [-0.1, -0.05) is 0 Å². The van der Waals surface area contributed by atoms with Crippen molar-refractivity contribution in [3.05, 3.63) is 59.4 Å². The van der Waals surface area contributed by atoms with Crippen LogP contribution in [0.3, 0.4) is 0 Å². The maximum Gasteiger partial charge on any atom is 0.229 e. The number of nitrogens with zero attached hydrogens (tertiary/aromatic N) is 3. The van der Waals surface area contributed by atoms with Crippen LogP contribution in [0, 0.1) is 0 Å². The predicted molar refractivity (Wildman–Crippen MR) is 99.1 cm³/mol. The summed E-state index contributed by atoms with van der Waals surface area (Å²) in [5, 5.41) is 2.51. The number of hydrogen-bond acceptors (Lipinski definition) is 6. The fraction of sp³-hybridized carbons (Fsp3) is 0.316. The lowest BCUT2D eigenvalue weighted by atomic mass is 10.2. The topological polar surface area (TPSA) is 79.8 Å². The summed E-state index contributed by atoms with van der Waals surface area (Å²) in [4.78, 5) is 32.6. The average Bonchev–Trinajstić information content (AvgIpc) is 3.43. The van der Waals surface area contributed by atoms with Crippen LogP contribution in [0.4, 0.5) is 5.13 Å². The third-order valence-electron chi connectivity index (χ3n) is 4.38. The molecule has 2 amide bonds. The molecule has 140 valence electrons. The molecular formula is C19H19N3O4S. The van der Waals surface area contributed by atoms with Gasteiger partial charge < -0.3 is 13.7 Å². The molecule has 0 spiro atoms. The Hall–Kier alpha value is -2.87. The molecule has 1 aliphatic rings. The zero-order chi connectivity index (χ0) is 18.6. The monoisotopic (exact) mass is 385 g/mol. The lowest BCUT2D eigenvalue weighted by Crippen LogP contribution is -2.31. The Morgan fingerprint density at radius 2 is 1.89 bits per heavy atom. The summed E-state index contributed by atoms with van der Waals surface area (Å²) in [6.45, 7) is 1.41. The smallest absolute Gasteiger partial charge is 0.229 e. The lowest BCUT2D eigenvalue weighted by Gasteiger charge is -2.20. The summed E-state index contributed by atoms with van der Waals surface area (Å²) in [6.07, 6.45) is 4.76. The van der Waals surface area contributed by atoms with Crippen molar-refractivity contribution in [3.63, 3.8) is 0 Å². The van der Waals surface area contributed by atoms with Crippen molar-refractivity contribution in [1.29, 1.82) is 0 Å². The first-order chi connectivity index (χ1) is 13.2. The molecule has 0 unspecified atom stereocenters. The minimum absolute atomic E-state index is 0.0765. The summed E-state index contributed by atoms with van der Waals surface area (Å²) in [5.74, 6) is 1.43. The molecule has 8 heteroatoms. The quantitative estimate of drug-likeness (QED) is 0.624. The van der Waals surface area contributed by atoms with E-state index in [-0.39, 0.29) is 18.2 Å². The van der Waals surface area contributed by atoms with E-state index in [1.807, 2.05) is 17.5 Å². The van der Waals surface area contributed by atoms with E-state index in [9.17, 15) is 9.59 Å². The zero-order valence-electron chi connectivity index (χ0n) is 14.7. The third-order valence-corrected chi connectivity index (χ3v) is 5.30. The zero-order valence-corrected chi connectivity index (χ0v) is 15.5. The molecule has 0 aromatic carbocycles. The molecule has 1 aliphatic heterocycles. The molecule has 1 fully saturated rings. The highest BCUT2D eigenvalue weighted by Crippen LogP contribution is 2.26. The van der Waals surface area contributed by atoms with Crippen LogP contribution in [-0.4, -0.2) is 28.2 Å². The van der Waals surface area contributed by atoms with E-state index >= 15 is 0 Å². The van der Waals surface area contributed by atoms with Gasteiger partial charge in [0.15, 0.2) is 5.13 Å². The lowest BCUT2D eigenvalue weighted by molar-refractivity contribution is -0.132. The van der Waals surface area contributed by atoms with Gasteiger partial charge in [0, 0.05) is 18.3 Å². The Labute approximate surface area is 160 Å². The van der Waals surface area contributed by atoms with Crippen LogP contribution >= 0.6 is 11.3 Å². The Morgan fingerprint density at radius 1 is 1.19 bits per heavy atom. The maximum atomic E-state index is 12.9. The van der Waals surface area contributed by atoms with Crippen LogP contribution in [0.25, 0.3) is 0 Å². The Kier molecular flexibility index (Phi) is 5.06. The minimum Gasteiger partial charge on any atom is -0.467 e. The number of furan rings is 2. The van der Waals surface area contributed by atoms with E-state index in [1.165, 1.54) is 11.3 Å². The number of anilines is 1. The fourth-order valence-electron chi connectivity index (χ4n) is 3.03. The molecule has 0 bridgehead atoms. The highest BCUT2D eigenvalue weighted by Gasteiger charge is 2.25. The van der Waals surface area contributed by atoms with E-state index in [0.717, 1.165) is 6.42 Å². The molecule has 0 atom stereocenters. The van der Waals surface area contributed by atoms with Crippen LogP contribution < -0.4 is 4.90 Å². The van der Waals surface area contributed by atoms with Crippen molar-refractivity contribution in [2.75, 3.05) is 11.4 Å². The minimum atomic E-state index is -0.0765. The van der Waals surface area contributed by atoms with Gasteiger partial charge >= 0.3 is 0 Å². The van der Waals surface area contributed by atoms with E-state index < -0.39 is 0 Å². The second-order valence-corrected chi connectivity index (χ2v) is 7.19. The number of hydrogen-bond donors (Lipinski definition) is 0. The summed E-state index contributed by atoms with van der Waals surface area (Å²) in [6, 6.07) is 7.26. The second kappa shape index (κ2) is 7.79. The van der Waals surface area contributed by atoms with Gasteiger partial charge in [-0.05, 0) is 30.7 Å². The summed E-state index contributed by atoms with van der Waals surface area (Å²) < 4.78 is 10.8. The maximum absolute atomic E-state index is 12.9. The van der Waals surface area contributed by atoms with Crippen molar-refractivity contribution in [1.82, 2.24) is 9.88 Å². The highest BCUT2D eigenvalue weighted by molar-refractivity contribution is 7.14. The molecule has 0 radical (unpaired) electrons. The predicted octanol–water partition coefficient (Wildman–Crippen LogP) is 3.23. The van der Waals surface area contributed by atoms with E-state index in [1.54, 1.807) is 34.5 Å². The van der Waals surface area contributed by atoms with Gasteiger partial charge in [0.05, 0.1) is 37.7 Å². The summed E-state index contributed by atoms with van der Waals surface area (Å²) >= 11 is 1.40. The number of aromatic nitrogens is 1. The van der Waals surface area contributed by atoms with E-state index in [0.29, 0.717) is 48.4 Å². The molecule has 0 N–H and O–H groups in total. The average molecular weight is 385 g/mol. The number of thiazole rings is 1. The fourth-order valence-corrected chi connectivity index (χ4v) is 3.90. The first-order valence-electron chi connectivity index (χ1n) is 8.76. The van der Waals surface area contributed by atoms with Crippen LogP contribution in [0.2, 0.25) is 0 Å².